The molecule has 2 atom stereocenters. The first-order chi connectivity index (χ1) is 19.7. The van der Waals surface area contributed by atoms with Crippen LogP contribution >= 0.6 is 0 Å². The third kappa shape index (κ3) is 4.37. The lowest BCUT2D eigenvalue weighted by atomic mass is 9.73. The summed E-state index contributed by atoms with van der Waals surface area (Å²) in [4.78, 5) is 7.50. The van der Waals surface area contributed by atoms with Gasteiger partial charge in [-0.3, -0.25) is 4.57 Å². The minimum Gasteiger partial charge on any atom is -0.369 e. The minimum absolute atomic E-state index is 0.0258. The van der Waals surface area contributed by atoms with Crippen LogP contribution < -0.4 is 14.9 Å². The van der Waals surface area contributed by atoms with E-state index in [0.29, 0.717) is 5.82 Å². The number of nitrogens with one attached hydrogen (secondary N) is 2. The summed E-state index contributed by atoms with van der Waals surface area (Å²) < 4.78 is 18.8. The number of hydrogen-bond donors (Lipinski definition) is 2. The molecule has 9 heteroatoms. The monoisotopic (exact) mass is 567 g/mol. The second-order valence-corrected chi connectivity index (χ2v) is 14.6. The molecular formula is C32H37N7OS. The molecule has 41 heavy (non-hydrogen) atoms. The summed E-state index contributed by atoms with van der Waals surface area (Å²) in [5.41, 5.74) is 6.31. The van der Waals surface area contributed by atoms with Gasteiger partial charge >= 0.3 is 0 Å². The molecule has 2 N–H and O–H groups in total. The van der Waals surface area contributed by atoms with Crippen LogP contribution in [0.15, 0.2) is 61.2 Å². The zero-order valence-electron chi connectivity index (χ0n) is 24.0. The average molecular weight is 568 g/mol. The van der Waals surface area contributed by atoms with E-state index in [-0.39, 0.29) is 16.2 Å². The van der Waals surface area contributed by atoms with E-state index in [1.807, 2.05) is 39.0 Å². The lowest BCUT2D eigenvalue weighted by Gasteiger charge is -2.44. The van der Waals surface area contributed by atoms with E-state index in [9.17, 15) is 4.21 Å². The number of piperidine rings is 1. The van der Waals surface area contributed by atoms with E-state index >= 15 is 0 Å². The van der Waals surface area contributed by atoms with Crippen LogP contribution in [0.25, 0.3) is 17.0 Å². The summed E-state index contributed by atoms with van der Waals surface area (Å²) in [5, 5.41) is 12.7. The van der Waals surface area contributed by atoms with Crippen LogP contribution in [0.2, 0.25) is 0 Å². The Balaban J connectivity index is 1.19. The van der Waals surface area contributed by atoms with Gasteiger partial charge in [-0.05, 0) is 62.1 Å². The molecule has 0 amide bonds. The molecule has 0 bridgehead atoms. The molecule has 4 heterocycles. The number of aromatic nitrogens is 4. The first-order valence-electron chi connectivity index (χ1n) is 14.5. The Kier molecular flexibility index (Phi) is 6.28. The van der Waals surface area contributed by atoms with Crippen molar-refractivity contribution in [3.8, 4) is 11.4 Å². The van der Waals surface area contributed by atoms with E-state index in [0.717, 1.165) is 79.6 Å². The van der Waals surface area contributed by atoms with Crippen molar-refractivity contribution in [3.63, 3.8) is 0 Å². The Hall–Kier alpha value is -3.56. The highest BCUT2D eigenvalue weighted by molar-refractivity contribution is 7.84. The minimum atomic E-state index is -1.15. The largest absolute Gasteiger partial charge is 0.369 e. The van der Waals surface area contributed by atoms with Crippen LogP contribution in [-0.2, 0) is 24.0 Å². The van der Waals surface area contributed by atoms with Gasteiger partial charge in [0.1, 0.15) is 11.5 Å². The molecular weight excluding hydrogens is 530 g/mol. The van der Waals surface area contributed by atoms with E-state index in [4.69, 9.17) is 4.98 Å². The smallest absolute Gasteiger partial charge is 0.209 e. The lowest BCUT2D eigenvalue weighted by Crippen LogP contribution is -2.48. The Labute approximate surface area is 244 Å². The zero-order chi connectivity index (χ0) is 28.4. The van der Waals surface area contributed by atoms with Gasteiger partial charge in [0.25, 0.3) is 0 Å². The van der Waals surface area contributed by atoms with Crippen molar-refractivity contribution in [1.29, 1.82) is 0 Å². The number of fused-ring (bicyclic) bond motifs is 4. The second kappa shape index (κ2) is 9.77. The molecule has 1 fully saturated rings. The van der Waals surface area contributed by atoms with Crippen molar-refractivity contribution < 1.29 is 4.21 Å². The van der Waals surface area contributed by atoms with Crippen molar-refractivity contribution in [2.24, 2.45) is 5.41 Å². The predicted molar refractivity (Wildman–Crippen MR) is 165 cm³/mol. The van der Waals surface area contributed by atoms with Crippen molar-refractivity contribution in [1.82, 2.24) is 24.5 Å². The van der Waals surface area contributed by atoms with Crippen LogP contribution in [0.4, 0.5) is 11.8 Å². The fraction of sp³-hybridized carbons (Fsp3) is 0.406. The molecule has 8 nitrogen and oxygen atoms in total. The number of hydrogen-bond acceptors (Lipinski definition) is 6. The van der Waals surface area contributed by atoms with E-state index in [1.54, 1.807) is 0 Å². The Morgan fingerprint density at radius 1 is 1.05 bits per heavy atom. The summed E-state index contributed by atoms with van der Waals surface area (Å²) in [6, 6.07) is 18.9. The van der Waals surface area contributed by atoms with Gasteiger partial charge in [0.15, 0.2) is 5.82 Å². The van der Waals surface area contributed by atoms with Crippen LogP contribution in [-0.4, -0.2) is 48.3 Å². The van der Waals surface area contributed by atoms with Crippen molar-refractivity contribution >= 4 is 28.3 Å². The van der Waals surface area contributed by atoms with E-state index in [2.05, 4.69) is 72.7 Å². The fourth-order valence-electron chi connectivity index (χ4n) is 6.78. The highest BCUT2D eigenvalue weighted by Crippen LogP contribution is 2.53. The summed E-state index contributed by atoms with van der Waals surface area (Å²) in [6.07, 6.45) is 2.99. The molecule has 0 radical (unpaired) electrons. The molecule has 1 aliphatic carbocycles. The predicted octanol–water partition coefficient (Wildman–Crippen LogP) is 5.20. The molecule has 1 saturated heterocycles. The Bertz CT molecular complexity index is 1610. The fourth-order valence-corrected chi connectivity index (χ4v) is 7.72. The summed E-state index contributed by atoms with van der Waals surface area (Å²) in [7, 11) is -1.15. The van der Waals surface area contributed by atoms with Gasteiger partial charge in [-0.25, -0.2) is 8.93 Å². The van der Waals surface area contributed by atoms with Crippen LogP contribution in [0.3, 0.4) is 0 Å². The molecule has 0 unspecified atom stereocenters. The normalized spacial score (nSPS) is 20.2. The maximum Gasteiger partial charge on any atom is 0.209 e. The maximum atomic E-state index is 13.3. The van der Waals surface area contributed by atoms with Gasteiger partial charge in [-0.15, -0.1) is 10.2 Å². The van der Waals surface area contributed by atoms with Gasteiger partial charge in [0, 0.05) is 31.8 Å². The summed E-state index contributed by atoms with van der Waals surface area (Å²) in [6.45, 7) is 13.9. The number of anilines is 2. The van der Waals surface area contributed by atoms with Gasteiger partial charge in [0.05, 0.1) is 27.3 Å². The van der Waals surface area contributed by atoms with Crippen LogP contribution in [0, 0.1) is 5.41 Å². The maximum absolute atomic E-state index is 13.3. The second-order valence-electron chi connectivity index (χ2n) is 12.6. The molecule has 2 aromatic carbocycles. The van der Waals surface area contributed by atoms with Gasteiger partial charge in [0.2, 0.25) is 5.95 Å². The standard InChI is InChI=1S/C32H37N7OS/c1-21(22-10-6-5-7-11-22)26-25-28(36-35-26)34-30(39-19-16-33-29(25)39)38-17-14-32(15-18-38)20-23-12-8-9-13-24(23)27(32)37-41(40)31(2,3)4/h5-13,27,33,37H,1,14-20H2,2-4H3/t27-,41+/m1/s1. The van der Waals surface area contributed by atoms with E-state index in [1.165, 1.54) is 11.1 Å². The summed E-state index contributed by atoms with van der Waals surface area (Å²) in [5.74, 6) is 2.62. The third-order valence-electron chi connectivity index (χ3n) is 9.04. The first kappa shape index (κ1) is 26.3. The lowest BCUT2D eigenvalue weighted by molar-refractivity contribution is 0.176. The van der Waals surface area contributed by atoms with Crippen LogP contribution in [0.1, 0.15) is 62.0 Å². The first-order valence-corrected chi connectivity index (χ1v) is 15.7. The van der Waals surface area contributed by atoms with E-state index < -0.39 is 11.0 Å². The molecule has 4 aliphatic heterocycles. The SMILES string of the molecule is C=C(c1ccccc1)c1nnc2nc(N3CCC4(CC3)Cc3ccccc3[C@H]4N[S@@](=O)C(C)(C)C)n3c(c1-2)NCC3. The van der Waals surface area contributed by atoms with Crippen molar-refractivity contribution in [2.45, 2.75) is 57.4 Å². The van der Waals surface area contributed by atoms with Gasteiger partial charge in [-0.2, -0.15) is 4.98 Å². The zero-order valence-corrected chi connectivity index (χ0v) is 24.8. The van der Waals surface area contributed by atoms with Crippen LogP contribution in [0.5, 0.6) is 0 Å². The highest BCUT2D eigenvalue weighted by Gasteiger charge is 2.49. The molecule has 0 saturated carbocycles. The quantitative estimate of drug-likeness (QED) is 0.345. The number of rotatable bonds is 5. The number of nitrogens with zero attached hydrogens (tertiary/aromatic N) is 5. The number of benzene rings is 2. The summed E-state index contributed by atoms with van der Waals surface area (Å²) >= 11 is 0. The highest BCUT2D eigenvalue weighted by atomic mass is 32.2. The average Bonchev–Trinajstić information content (AvgIpc) is 3.69. The molecule has 7 rings (SSSR count). The molecule has 212 valence electrons. The Morgan fingerprint density at radius 3 is 2.54 bits per heavy atom. The molecule has 1 spiro atoms. The topological polar surface area (TPSA) is 88.0 Å². The molecule has 0 aromatic heterocycles. The molecule has 2 aromatic rings. The third-order valence-corrected chi connectivity index (χ3v) is 10.6. The van der Waals surface area contributed by atoms with Crippen molar-refractivity contribution in [3.05, 3.63) is 83.6 Å². The van der Waals surface area contributed by atoms with Crippen molar-refractivity contribution in [2.75, 3.05) is 29.9 Å². The Morgan fingerprint density at radius 2 is 1.78 bits per heavy atom. The molecule has 5 aliphatic rings. The van der Waals surface area contributed by atoms with Gasteiger partial charge in [-0.1, -0.05) is 61.2 Å². The van der Waals surface area contributed by atoms with Gasteiger partial charge < -0.3 is 10.2 Å².